The highest BCUT2D eigenvalue weighted by atomic mass is 16.7. The fourth-order valence-corrected chi connectivity index (χ4v) is 8.51. The maximum atomic E-state index is 12.6. The molecular weight excluding hydrogens is 1110 g/mol. The number of aliphatic hydroxyl groups excluding tert-OH is 9. The Morgan fingerprint density at radius 1 is 0.386 bits per heavy atom. The van der Waals surface area contributed by atoms with Gasteiger partial charge < -0.3 is 133 Å². The van der Waals surface area contributed by atoms with Crippen LogP contribution in [0.3, 0.4) is 0 Å². The van der Waals surface area contributed by atoms with Gasteiger partial charge >= 0.3 is 0 Å². The van der Waals surface area contributed by atoms with Crippen molar-refractivity contribution in [2.24, 2.45) is 23.7 Å². The molecule has 3 saturated heterocycles. The molecule has 0 aromatic carbocycles. The summed E-state index contributed by atoms with van der Waals surface area (Å²) >= 11 is 0. The van der Waals surface area contributed by atoms with Crippen LogP contribution in [0.15, 0.2) is 0 Å². The number of carbonyl (C=O) groups excluding carboxylic acids is 3. The number of rotatable bonds is 48. The summed E-state index contributed by atoms with van der Waals surface area (Å²) in [4.78, 5) is 37.6. The van der Waals surface area contributed by atoms with Crippen LogP contribution in [0.2, 0.25) is 0 Å². The van der Waals surface area contributed by atoms with E-state index in [1.54, 1.807) is 20.8 Å². The molecule has 17 atom stereocenters. The molecule has 0 saturated carbocycles. The Bertz CT molecular complexity index is 1670. The van der Waals surface area contributed by atoms with Crippen molar-refractivity contribution in [3.8, 4) is 0 Å². The number of aliphatic hydroxyl groups is 9. The molecule has 17 unspecified atom stereocenters. The fourth-order valence-electron chi connectivity index (χ4n) is 8.51. The molecule has 3 aliphatic rings. The molecular formula is C53H99N3O27. The third kappa shape index (κ3) is 29.8. The average Bonchev–Trinajstić information content (AvgIpc) is 3.62. The van der Waals surface area contributed by atoms with Gasteiger partial charge in [0.2, 0.25) is 17.7 Å². The number of nitrogens with one attached hydrogen (secondary N) is 3. The van der Waals surface area contributed by atoms with E-state index in [0.29, 0.717) is 0 Å². The maximum Gasteiger partial charge on any atom is 0.222 e. The van der Waals surface area contributed by atoms with E-state index in [4.69, 9.17) is 71.1 Å². The first-order chi connectivity index (χ1) is 40.0. The molecule has 3 fully saturated rings. The average molecular weight is 1210 g/mol. The maximum absolute atomic E-state index is 12.6. The normalized spacial score (nSPS) is 29.1. The molecule has 3 aliphatic heterocycles. The molecule has 0 radical (unpaired) electrons. The van der Waals surface area contributed by atoms with Crippen molar-refractivity contribution in [2.75, 3.05) is 172 Å². The van der Waals surface area contributed by atoms with E-state index in [9.17, 15) is 60.3 Å². The summed E-state index contributed by atoms with van der Waals surface area (Å²) in [6, 6.07) is 0. The van der Waals surface area contributed by atoms with E-state index in [2.05, 4.69) is 16.0 Å². The summed E-state index contributed by atoms with van der Waals surface area (Å²) < 4.78 is 84.3. The van der Waals surface area contributed by atoms with Crippen molar-refractivity contribution in [2.45, 2.75) is 127 Å². The lowest BCUT2D eigenvalue weighted by molar-refractivity contribution is -0.284. The molecule has 3 heterocycles. The van der Waals surface area contributed by atoms with Gasteiger partial charge in [0.25, 0.3) is 0 Å². The molecule has 30 nitrogen and oxygen atoms in total. The minimum absolute atomic E-state index is 0.0461. The largest absolute Gasteiger partial charge is 0.394 e. The van der Waals surface area contributed by atoms with Crippen LogP contribution >= 0.6 is 0 Å². The quantitative estimate of drug-likeness (QED) is 0.0254. The second-order valence-electron chi connectivity index (χ2n) is 20.3. The number of amides is 3. The zero-order valence-electron chi connectivity index (χ0n) is 48.7. The smallest absolute Gasteiger partial charge is 0.222 e. The summed E-state index contributed by atoms with van der Waals surface area (Å²) in [5, 5.41) is 96.9. The Morgan fingerprint density at radius 2 is 0.675 bits per heavy atom. The van der Waals surface area contributed by atoms with Crippen molar-refractivity contribution in [3.05, 3.63) is 0 Å². The molecule has 12 N–H and O–H groups in total. The molecule has 3 amide bonds. The van der Waals surface area contributed by atoms with E-state index in [0.717, 1.165) is 0 Å². The van der Waals surface area contributed by atoms with Gasteiger partial charge in [-0.15, -0.1) is 0 Å². The standard InChI is InChI=1S/C53H99N3O27/c1-34(32-75-11-5-42(60)54-8-14-69-17-20-72-23-26-78-51-35(2)45(63)48(66)38(29-57)81-51)41(77-13-7-44(62)56-10-16-71-19-22-74-25-28-80-53-37(4)47(65)50(68)40(31-59)83-53)33-76-12-6-43(61)55-9-15-70-18-21-73-24-27-79-52-36(3)46(64)49(67)39(30-58)82-52/h34-41,45-53,57-59,63-68H,5-33H2,1-4H3,(H,54,60)(H,55,61)(H,56,62). The van der Waals surface area contributed by atoms with E-state index in [-0.39, 0.29) is 195 Å². The lowest BCUT2D eigenvalue weighted by Crippen LogP contribution is -2.55. The van der Waals surface area contributed by atoms with Crippen LogP contribution in [0, 0.1) is 23.7 Å². The zero-order valence-corrected chi connectivity index (χ0v) is 48.7. The first-order valence-electron chi connectivity index (χ1n) is 28.8. The monoisotopic (exact) mass is 1210 g/mol. The van der Waals surface area contributed by atoms with Gasteiger partial charge in [0.05, 0.1) is 176 Å². The number of hydrogen-bond acceptors (Lipinski definition) is 27. The molecule has 0 aromatic heterocycles. The summed E-state index contributed by atoms with van der Waals surface area (Å²) in [6.07, 6.45) is -12.5. The van der Waals surface area contributed by atoms with Gasteiger partial charge in [-0.05, 0) is 0 Å². The number of hydrogen-bond donors (Lipinski definition) is 12. The highest BCUT2D eigenvalue weighted by Crippen LogP contribution is 2.29. The van der Waals surface area contributed by atoms with E-state index in [1.165, 1.54) is 0 Å². The Morgan fingerprint density at radius 3 is 1.00 bits per heavy atom. The van der Waals surface area contributed by atoms with Crippen LogP contribution in [-0.2, 0) is 85.4 Å². The summed E-state index contributed by atoms with van der Waals surface area (Å²) in [5.41, 5.74) is 0. The van der Waals surface area contributed by atoms with E-state index in [1.807, 2.05) is 6.92 Å². The molecule has 83 heavy (non-hydrogen) atoms. The Hall–Kier alpha value is -2.55. The van der Waals surface area contributed by atoms with Gasteiger partial charge in [-0.3, -0.25) is 14.4 Å². The fraction of sp³-hybridized carbons (Fsp3) is 0.943. The molecule has 0 bridgehead atoms. The summed E-state index contributed by atoms with van der Waals surface area (Å²) in [7, 11) is 0. The first-order valence-corrected chi connectivity index (χ1v) is 28.8. The summed E-state index contributed by atoms with van der Waals surface area (Å²) in [6.45, 7) is 10.4. The van der Waals surface area contributed by atoms with Crippen LogP contribution in [0.5, 0.6) is 0 Å². The lowest BCUT2D eigenvalue weighted by atomic mass is 9.92. The van der Waals surface area contributed by atoms with Gasteiger partial charge in [-0.1, -0.05) is 27.7 Å². The van der Waals surface area contributed by atoms with Crippen LogP contribution in [0.1, 0.15) is 47.0 Å². The second kappa shape index (κ2) is 44.8. The van der Waals surface area contributed by atoms with Crippen LogP contribution in [0.4, 0.5) is 0 Å². The topological polar surface area (TPSA) is 408 Å². The number of ether oxygens (including phenoxy) is 15. The van der Waals surface area contributed by atoms with Gasteiger partial charge in [-0.25, -0.2) is 0 Å². The van der Waals surface area contributed by atoms with E-state index < -0.39 is 117 Å². The number of carbonyl (C=O) groups is 3. The van der Waals surface area contributed by atoms with Crippen molar-refractivity contribution < 1.29 is 131 Å². The van der Waals surface area contributed by atoms with E-state index >= 15 is 0 Å². The van der Waals surface area contributed by atoms with Crippen molar-refractivity contribution in [3.63, 3.8) is 0 Å². The SMILES string of the molecule is CC(COCCC(=O)NCCOCCOCCOC1OC(CO)C(O)C(O)C1C)C(COCCC(=O)NCCOCCOCCOC1OC(CO)C(O)C(O)C1C)OCCC(=O)NCCOCCOCCOC1OC(CO)C(O)C(O)C1C. The Labute approximate surface area is 486 Å². The first kappa shape index (κ1) is 74.7. The third-order valence-electron chi connectivity index (χ3n) is 13.8. The Balaban J connectivity index is 1.26. The van der Waals surface area contributed by atoms with Crippen molar-refractivity contribution in [1.29, 1.82) is 0 Å². The predicted molar refractivity (Wildman–Crippen MR) is 287 cm³/mol. The van der Waals surface area contributed by atoms with Gasteiger partial charge in [-0.2, -0.15) is 0 Å². The Kier molecular flexibility index (Phi) is 40.3. The molecule has 30 heteroatoms. The van der Waals surface area contributed by atoms with Gasteiger partial charge in [0, 0.05) is 62.6 Å². The van der Waals surface area contributed by atoms with Crippen LogP contribution in [0.25, 0.3) is 0 Å². The minimum atomic E-state index is -1.21. The molecule has 488 valence electrons. The predicted octanol–water partition coefficient (Wildman–Crippen LogP) is -5.07. The van der Waals surface area contributed by atoms with Gasteiger partial charge in [0.1, 0.15) is 36.6 Å². The summed E-state index contributed by atoms with van der Waals surface area (Å²) in [5.74, 6) is -2.50. The highest BCUT2D eigenvalue weighted by Gasteiger charge is 2.44. The van der Waals surface area contributed by atoms with Crippen LogP contribution in [-0.4, -0.2) is 315 Å². The molecule has 0 aliphatic carbocycles. The van der Waals surface area contributed by atoms with Crippen molar-refractivity contribution in [1.82, 2.24) is 16.0 Å². The highest BCUT2D eigenvalue weighted by molar-refractivity contribution is 5.76. The van der Waals surface area contributed by atoms with Crippen LogP contribution < -0.4 is 16.0 Å². The minimum Gasteiger partial charge on any atom is -0.394 e. The third-order valence-corrected chi connectivity index (χ3v) is 13.8. The second-order valence-corrected chi connectivity index (χ2v) is 20.3. The molecule has 0 spiro atoms. The van der Waals surface area contributed by atoms with Gasteiger partial charge in [0.15, 0.2) is 18.9 Å². The molecule has 3 rings (SSSR count). The zero-order chi connectivity index (χ0) is 60.8. The van der Waals surface area contributed by atoms with Crippen molar-refractivity contribution >= 4 is 17.7 Å². The molecule has 0 aromatic rings. The lowest BCUT2D eigenvalue weighted by Gasteiger charge is -2.40.